The Kier molecular flexibility index (Phi) is 3.45. The van der Waals surface area contributed by atoms with Crippen LogP contribution in [0.4, 0.5) is 0 Å². The summed E-state index contributed by atoms with van der Waals surface area (Å²) in [6.07, 6.45) is 3.10. The molecule has 0 spiro atoms. The number of amidine groups is 1. The molecule has 0 aromatic heterocycles. The van der Waals surface area contributed by atoms with E-state index in [4.69, 9.17) is 10.9 Å². The summed E-state index contributed by atoms with van der Waals surface area (Å²) < 4.78 is 0. The number of hydrogen-bond donors (Lipinski definition) is 3. The maximum absolute atomic E-state index is 12.1. The Morgan fingerprint density at radius 3 is 2.44 bits per heavy atom. The molecule has 0 aromatic rings. The number of rotatable bonds is 4. The summed E-state index contributed by atoms with van der Waals surface area (Å²) >= 11 is 0. The Bertz CT molecular complexity index is 306. The van der Waals surface area contributed by atoms with Gasteiger partial charge in [0.15, 0.2) is 5.84 Å². The molecule has 1 aliphatic rings. The molecule has 0 radical (unpaired) electrons. The molecule has 1 aliphatic carbocycles. The van der Waals surface area contributed by atoms with Crippen LogP contribution in [0.25, 0.3) is 0 Å². The van der Waals surface area contributed by atoms with Crippen molar-refractivity contribution < 1.29 is 10.0 Å². The molecule has 5 nitrogen and oxygen atoms in total. The highest BCUT2D eigenvalue weighted by Gasteiger charge is 2.49. The van der Waals surface area contributed by atoms with Crippen molar-refractivity contribution in [1.82, 2.24) is 5.32 Å². The monoisotopic (exact) mass is 227 g/mol. The van der Waals surface area contributed by atoms with Gasteiger partial charge in [-0.05, 0) is 33.1 Å². The lowest BCUT2D eigenvalue weighted by molar-refractivity contribution is -0.132. The maximum atomic E-state index is 12.1. The molecule has 0 saturated heterocycles. The third-order valence-electron chi connectivity index (χ3n) is 3.58. The van der Waals surface area contributed by atoms with Crippen LogP contribution in [0.3, 0.4) is 0 Å². The molecule has 16 heavy (non-hydrogen) atoms. The van der Waals surface area contributed by atoms with Gasteiger partial charge < -0.3 is 16.3 Å². The molecule has 0 bridgehead atoms. The SMILES string of the molecule is CCC(C)(C)NC(=O)C1(C(N)=NO)CCC1. The third kappa shape index (κ3) is 2.13. The van der Waals surface area contributed by atoms with Crippen LogP contribution in [0.2, 0.25) is 0 Å². The van der Waals surface area contributed by atoms with Gasteiger partial charge in [0.25, 0.3) is 0 Å². The highest BCUT2D eigenvalue weighted by atomic mass is 16.4. The third-order valence-corrected chi connectivity index (χ3v) is 3.58. The zero-order chi connectivity index (χ0) is 12.4. The molecule has 0 unspecified atom stereocenters. The number of carbonyl (C=O) groups excluding carboxylic acids is 1. The number of oxime groups is 1. The van der Waals surface area contributed by atoms with Crippen LogP contribution in [0.5, 0.6) is 0 Å². The second-order valence-electron chi connectivity index (χ2n) is 5.11. The van der Waals surface area contributed by atoms with Gasteiger partial charge >= 0.3 is 0 Å². The van der Waals surface area contributed by atoms with Crippen molar-refractivity contribution in [2.75, 3.05) is 0 Å². The summed E-state index contributed by atoms with van der Waals surface area (Å²) in [6, 6.07) is 0. The minimum absolute atomic E-state index is 0.0307. The predicted molar refractivity (Wildman–Crippen MR) is 62.2 cm³/mol. The highest BCUT2D eigenvalue weighted by molar-refractivity contribution is 6.07. The largest absolute Gasteiger partial charge is 0.409 e. The van der Waals surface area contributed by atoms with E-state index in [-0.39, 0.29) is 17.3 Å². The molecule has 1 rings (SSSR count). The molecule has 0 aliphatic heterocycles. The molecule has 1 fully saturated rings. The standard InChI is InChI=1S/C11H21N3O2/c1-4-10(2,3)13-9(15)11(6-5-7-11)8(12)14-16/h16H,4-7H2,1-3H3,(H2,12,14)(H,13,15). The van der Waals surface area contributed by atoms with Crippen molar-refractivity contribution in [1.29, 1.82) is 0 Å². The first-order chi connectivity index (χ1) is 7.38. The molecule has 92 valence electrons. The summed E-state index contributed by atoms with van der Waals surface area (Å²) in [7, 11) is 0. The topological polar surface area (TPSA) is 87.7 Å². The first-order valence-corrected chi connectivity index (χ1v) is 5.68. The van der Waals surface area contributed by atoms with Crippen LogP contribution in [-0.2, 0) is 4.79 Å². The molecule has 5 heteroatoms. The van der Waals surface area contributed by atoms with Crippen LogP contribution < -0.4 is 11.1 Å². The van der Waals surface area contributed by atoms with Gasteiger partial charge in [0.2, 0.25) is 5.91 Å². The van der Waals surface area contributed by atoms with E-state index in [1.165, 1.54) is 0 Å². The zero-order valence-corrected chi connectivity index (χ0v) is 10.2. The molecular formula is C11H21N3O2. The zero-order valence-electron chi connectivity index (χ0n) is 10.2. The van der Waals surface area contributed by atoms with E-state index < -0.39 is 5.41 Å². The summed E-state index contributed by atoms with van der Waals surface area (Å²) in [5.74, 6) is -0.0935. The summed E-state index contributed by atoms with van der Waals surface area (Å²) in [5.41, 5.74) is 4.58. The predicted octanol–water partition coefficient (Wildman–Crippen LogP) is 1.21. The fourth-order valence-corrected chi connectivity index (χ4v) is 1.74. The van der Waals surface area contributed by atoms with E-state index in [0.717, 1.165) is 12.8 Å². The van der Waals surface area contributed by atoms with E-state index in [1.54, 1.807) is 0 Å². The Labute approximate surface area is 96.1 Å². The van der Waals surface area contributed by atoms with E-state index in [0.29, 0.717) is 12.8 Å². The number of hydrogen-bond acceptors (Lipinski definition) is 3. The minimum atomic E-state index is -0.777. The van der Waals surface area contributed by atoms with E-state index in [2.05, 4.69) is 10.5 Å². The Morgan fingerprint density at radius 1 is 1.56 bits per heavy atom. The second-order valence-corrected chi connectivity index (χ2v) is 5.11. The van der Waals surface area contributed by atoms with E-state index in [1.807, 2.05) is 20.8 Å². The number of nitrogens with two attached hydrogens (primary N) is 1. The molecule has 1 saturated carbocycles. The average molecular weight is 227 g/mol. The quantitative estimate of drug-likeness (QED) is 0.292. The van der Waals surface area contributed by atoms with Gasteiger partial charge in [0.1, 0.15) is 5.41 Å². The lowest BCUT2D eigenvalue weighted by Gasteiger charge is -2.41. The molecule has 4 N–H and O–H groups in total. The fraction of sp³-hybridized carbons (Fsp3) is 0.818. The summed E-state index contributed by atoms with van der Waals surface area (Å²) in [5, 5.41) is 14.7. The lowest BCUT2D eigenvalue weighted by atomic mass is 9.67. The van der Waals surface area contributed by atoms with Gasteiger partial charge in [0.05, 0.1) is 0 Å². The van der Waals surface area contributed by atoms with Crippen molar-refractivity contribution in [2.45, 2.75) is 52.0 Å². The van der Waals surface area contributed by atoms with Crippen molar-refractivity contribution in [2.24, 2.45) is 16.3 Å². The fourth-order valence-electron chi connectivity index (χ4n) is 1.74. The van der Waals surface area contributed by atoms with Crippen molar-refractivity contribution in [3.63, 3.8) is 0 Å². The van der Waals surface area contributed by atoms with Crippen LogP contribution in [0.15, 0.2) is 5.16 Å². The van der Waals surface area contributed by atoms with Crippen LogP contribution in [-0.4, -0.2) is 22.5 Å². The van der Waals surface area contributed by atoms with Gasteiger partial charge in [-0.2, -0.15) is 0 Å². The number of carbonyl (C=O) groups is 1. The summed E-state index contributed by atoms with van der Waals surface area (Å²) in [4.78, 5) is 12.1. The van der Waals surface area contributed by atoms with Crippen molar-refractivity contribution in [3.05, 3.63) is 0 Å². The van der Waals surface area contributed by atoms with Crippen molar-refractivity contribution in [3.8, 4) is 0 Å². The number of nitrogens with zero attached hydrogens (tertiary/aromatic N) is 1. The first kappa shape index (κ1) is 12.8. The van der Waals surface area contributed by atoms with Gasteiger partial charge in [-0.15, -0.1) is 0 Å². The van der Waals surface area contributed by atoms with E-state index >= 15 is 0 Å². The van der Waals surface area contributed by atoms with Gasteiger partial charge in [-0.3, -0.25) is 4.79 Å². The summed E-state index contributed by atoms with van der Waals surface area (Å²) in [6.45, 7) is 5.93. The maximum Gasteiger partial charge on any atom is 0.234 e. The van der Waals surface area contributed by atoms with Gasteiger partial charge in [0, 0.05) is 5.54 Å². The molecule has 1 amide bonds. The Balaban J connectivity index is 2.79. The lowest BCUT2D eigenvalue weighted by Crippen LogP contribution is -2.58. The van der Waals surface area contributed by atoms with E-state index in [9.17, 15) is 4.79 Å². The number of nitrogens with one attached hydrogen (secondary N) is 1. The average Bonchev–Trinajstić information content (AvgIpc) is 2.15. The van der Waals surface area contributed by atoms with Crippen LogP contribution in [0.1, 0.15) is 46.5 Å². The highest BCUT2D eigenvalue weighted by Crippen LogP contribution is 2.41. The smallest absolute Gasteiger partial charge is 0.234 e. The van der Waals surface area contributed by atoms with Gasteiger partial charge in [-0.1, -0.05) is 18.5 Å². The normalized spacial score (nSPS) is 20.1. The Hall–Kier alpha value is -1.26. The van der Waals surface area contributed by atoms with Crippen LogP contribution >= 0.6 is 0 Å². The second kappa shape index (κ2) is 4.31. The number of amides is 1. The molecular weight excluding hydrogens is 206 g/mol. The van der Waals surface area contributed by atoms with Crippen LogP contribution in [0, 0.1) is 5.41 Å². The molecule has 0 atom stereocenters. The molecule has 0 heterocycles. The first-order valence-electron chi connectivity index (χ1n) is 5.68. The van der Waals surface area contributed by atoms with Gasteiger partial charge in [-0.25, -0.2) is 0 Å². The molecule has 0 aromatic carbocycles. The minimum Gasteiger partial charge on any atom is -0.409 e. The van der Waals surface area contributed by atoms with Crippen molar-refractivity contribution >= 4 is 11.7 Å². The Morgan fingerprint density at radius 2 is 2.12 bits per heavy atom.